The van der Waals surface area contributed by atoms with Gasteiger partial charge in [-0.05, 0) is 84.9 Å². The van der Waals surface area contributed by atoms with Gasteiger partial charge in [-0.3, -0.25) is 19.2 Å². The van der Waals surface area contributed by atoms with Crippen LogP contribution in [0, 0.1) is 5.92 Å². The lowest BCUT2D eigenvalue weighted by molar-refractivity contribution is -0.162. The van der Waals surface area contributed by atoms with Crippen molar-refractivity contribution in [1.29, 1.82) is 0 Å². The van der Waals surface area contributed by atoms with Crippen molar-refractivity contribution in [3.63, 3.8) is 0 Å². The van der Waals surface area contributed by atoms with Crippen LogP contribution in [0.5, 0.6) is 0 Å². The molecule has 392 valence electrons. The molecule has 71 heavy (non-hydrogen) atoms. The summed E-state index contributed by atoms with van der Waals surface area (Å²) in [5.41, 5.74) is 4.32. The summed E-state index contributed by atoms with van der Waals surface area (Å²) < 4.78 is 28.8. The normalized spacial score (nSPS) is 11.9. The lowest BCUT2D eigenvalue weighted by atomic mass is 10.1. The highest BCUT2D eigenvalue weighted by Crippen LogP contribution is 2.19. The van der Waals surface area contributed by atoms with E-state index in [9.17, 15) is 43.2 Å². The van der Waals surface area contributed by atoms with E-state index in [4.69, 9.17) is 29.8 Å². The van der Waals surface area contributed by atoms with E-state index >= 15 is 0 Å². The largest absolute Gasteiger partial charge is 0.479 e. The third-order valence-corrected chi connectivity index (χ3v) is 7.95. The van der Waals surface area contributed by atoms with E-state index in [1.54, 1.807) is 153 Å². The van der Waals surface area contributed by atoms with E-state index in [-0.39, 0.29) is 31.4 Å². The van der Waals surface area contributed by atoms with Gasteiger partial charge in [0, 0.05) is 6.42 Å². The monoisotopic (exact) mass is 997 g/mol. The molecule has 21 heteroatoms. The number of ether oxygens (including phenoxy) is 6. The summed E-state index contributed by atoms with van der Waals surface area (Å²) in [6.45, 7) is 18.8. The SMILES string of the molecule is CC(C)(C)OC(=O)NC(C(=O)O)c1ccccc1.CC(C)CC(=O)OC(=O)C(NC(=O)OC(C)(C)C)c1ccccc1.COC(=O)CN.COC(=O)CNC(=O)C(NC(=O)OC(C)(C)C)c1ccccc1. The third-order valence-electron chi connectivity index (χ3n) is 7.95. The molecule has 0 radical (unpaired) electrons. The van der Waals surface area contributed by atoms with Gasteiger partial charge in [-0.25, -0.2) is 24.0 Å². The van der Waals surface area contributed by atoms with E-state index in [0.29, 0.717) is 16.7 Å². The zero-order valence-electron chi connectivity index (χ0n) is 42.7. The molecular formula is C50H71N5O16. The van der Waals surface area contributed by atoms with Crippen LogP contribution in [0.25, 0.3) is 0 Å². The van der Waals surface area contributed by atoms with Gasteiger partial charge in [-0.2, -0.15) is 0 Å². The van der Waals surface area contributed by atoms with Crippen molar-refractivity contribution in [1.82, 2.24) is 21.3 Å². The molecule has 0 aliphatic rings. The maximum absolute atomic E-state index is 12.3. The third kappa shape index (κ3) is 30.5. The van der Waals surface area contributed by atoms with Crippen LogP contribution < -0.4 is 27.0 Å². The van der Waals surface area contributed by atoms with Crippen molar-refractivity contribution in [2.75, 3.05) is 27.3 Å². The Balaban J connectivity index is 0.000000984. The van der Waals surface area contributed by atoms with Crippen LogP contribution in [-0.4, -0.2) is 103 Å². The Kier molecular flexibility index (Phi) is 28.2. The quantitative estimate of drug-likeness (QED) is 0.0581. The van der Waals surface area contributed by atoms with Gasteiger partial charge in [-0.15, -0.1) is 0 Å². The maximum atomic E-state index is 12.3. The Hall–Kier alpha value is -7.55. The number of methoxy groups -OCH3 is 2. The summed E-state index contributed by atoms with van der Waals surface area (Å²) in [7, 11) is 2.53. The molecule has 0 spiro atoms. The summed E-state index contributed by atoms with van der Waals surface area (Å²) in [4.78, 5) is 104. The first kappa shape index (κ1) is 63.5. The first-order chi connectivity index (χ1) is 32.9. The summed E-state index contributed by atoms with van der Waals surface area (Å²) in [5, 5.41) is 18.8. The first-order valence-electron chi connectivity index (χ1n) is 22.1. The molecule has 0 aliphatic carbocycles. The van der Waals surface area contributed by atoms with Gasteiger partial charge >= 0.3 is 48.1 Å². The molecular weight excluding hydrogens is 927 g/mol. The van der Waals surface area contributed by atoms with Gasteiger partial charge in [0.25, 0.3) is 0 Å². The number of nitrogens with two attached hydrogens (primary N) is 1. The van der Waals surface area contributed by atoms with Crippen molar-refractivity contribution >= 4 is 54.0 Å². The van der Waals surface area contributed by atoms with E-state index in [2.05, 4.69) is 30.7 Å². The number of carboxylic acids is 1. The lowest BCUT2D eigenvalue weighted by Gasteiger charge is -2.23. The minimum atomic E-state index is -1.13. The van der Waals surface area contributed by atoms with Crippen molar-refractivity contribution in [3.05, 3.63) is 108 Å². The zero-order chi connectivity index (χ0) is 54.5. The average molecular weight is 998 g/mol. The van der Waals surface area contributed by atoms with E-state index in [0.717, 1.165) is 0 Å². The topological polar surface area (TPSA) is 303 Å². The standard InChI is InChI=1S/C18H25NO5.C16H22N2O5.C13H17NO4.C3H7NO2/c1-12(2)11-14(20)23-16(21)15(13-9-7-6-8-10-13)19-17(22)24-18(3,4)5;1-16(2,3)23-15(21)18-13(11-8-6-5-7-9-11)14(20)17-10-12(19)22-4;1-13(2,3)18-12(17)14-10(11(15)16)9-7-5-4-6-8-9;1-6-3(5)2-4/h6-10,12,15H,11H2,1-5H3,(H,19,22);5-9,13H,10H2,1-4H3,(H,17,20)(H,18,21);4-8,10H,1-3H3,(H,14,17)(H,15,16);2,4H2,1H3. The molecule has 7 N–H and O–H groups in total. The number of hydrogen-bond donors (Lipinski definition) is 6. The Bertz CT molecular complexity index is 2150. The summed E-state index contributed by atoms with van der Waals surface area (Å²) in [6, 6.07) is 22.5. The molecule has 0 heterocycles. The molecule has 0 aliphatic heterocycles. The molecule has 3 aromatic carbocycles. The zero-order valence-corrected chi connectivity index (χ0v) is 42.7. The number of rotatable bonds is 14. The molecule has 4 amide bonds. The van der Waals surface area contributed by atoms with Gasteiger partial charge < -0.3 is 60.5 Å². The number of carbonyl (C=O) groups excluding carboxylic acids is 8. The molecule has 21 nitrogen and oxygen atoms in total. The maximum Gasteiger partial charge on any atom is 0.408 e. The number of alkyl carbamates (subject to hydrolysis) is 3. The number of carbonyl (C=O) groups is 9. The molecule has 3 rings (SSSR count). The second-order valence-corrected chi connectivity index (χ2v) is 18.3. The van der Waals surface area contributed by atoms with Crippen molar-refractivity contribution < 1.29 is 76.7 Å². The lowest BCUT2D eigenvalue weighted by Crippen LogP contribution is -2.43. The molecule has 0 fully saturated rings. The molecule has 0 saturated carbocycles. The van der Waals surface area contributed by atoms with E-state index in [1.165, 1.54) is 14.2 Å². The minimum absolute atomic E-state index is 0.0312. The predicted octanol–water partition coefficient (Wildman–Crippen LogP) is 6.37. The van der Waals surface area contributed by atoms with Crippen LogP contribution in [0.15, 0.2) is 91.0 Å². The van der Waals surface area contributed by atoms with Crippen LogP contribution in [-0.2, 0) is 57.2 Å². The van der Waals surface area contributed by atoms with Gasteiger partial charge in [-0.1, -0.05) is 105 Å². The van der Waals surface area contributed by atoms with Crippen LogP contribution in [0.4, 0.5) is 14.4 Å². The number of nitrogens with one attached hydrogen (secondary N) is 4. The number of carboxylic acid groups (broad SMARTS) is 1. The minimum Gasteiger partial charge on any atom is -0.479 e. The first-order valence-corrected chi connectivity index (χ1v) is 22.1. The second-order valence-electron chi connectivity index (χ2n) is 18.3. The van der Waals surface area contributed by atoms with E-state index < -0.39 is 83.0 Å². The molecule has 0 bridgehead atoms. The number of amides is 4. The van der Waals surface area contributed by atoms with Gasteiger partial charge in [0.05, 0.1) is 20.8 Å². The Morgan fingerprint density at radius 2 is 0.859 bits per heavy atom. The van der Waals surface area contributed by atoms with E-state index in [1.807, 2.05) is 13.8 Å². The number of esters is 4. The highest BCUT2D eigenvalue weighted by atomic mass is 16.6. The smallest absolute Gasteiger partial charge is 0.408 e. The fraction of sp³-hybridized carbons (Fsp3) is 0.460. The van der Waals surface area contributed by atoms with Gasteiger partial charge in [0.2, 0.25) is 5.91 Å². The highest BCUT2D eigenvalue weighted by molar-refractivity contribution is 5.91. The van der Waals surface area contributed by atoms with Crippen LogP contribution in [0.3, 0.4) is 0 Å². The number of hydrogen-bond acceptors (Lipinski definition) is 16. The number of aliphatic carboxylic acids is 1. The second kappa shape index (κ2) is 31.6. The number of benzene rings is 3. The van der Waals surface area contributed by atoms with Crippen LogP contribution >= 0.6 is 0 Å². The van der Waals surface area contributed by atoms with Gasteiger partial charge in [0.1, 0.15) is 29.4 Å². The Labute approximate surface area is 415 Å². The Morgan fingerprint density at radius 1 is 0.521 bits per heavy atom. The fourth-order valence-corrected chi connectivity index (χ4v) is 5.04. The highest BCUT2D eigenvalue weighted by Gasteiger charge is 2.30. The molecule has 3 atom stereocenters. The molecule has 3 unspecified atom stereocenters. The summed E-state index contributed by atoms with van der Waals surface area (Å²) in [5.74, 6) is -4.02. The summed E-state index contributed by atoms with van der Waals surface area (Å²) in [6.07, 6.45) is -2.11. The molecule has 3 aromatic rings. The van der Waals surface area contributed by atoms with Crippen molar-refractivity contribution in [3.8, 4) is 0 Å². The van der Waals surface area contributed by atoms with Crippen LogP contribution in [0.2, 0.25) is 0 Å². The van der Waals surface area contributed by atoms with Gasteiger partial charge in [0.15, 0.2) is 12.1 Å². The predicted molar refractivity (Wildman–Crippen MR) is 260 cm³/mol. The van der Waals surface area contributed by atoms with Crippen molar-refractivity contribution in [2.45, 2.75) is 118 Å². The molecule has 0 aromatic heterocycles. The fourth-order valence-electron chi connectivity index (χ4n) is 5.04. The Morgan fingerprint density at radius 3 is 1.17 bits per heavy atom. The van der Waals surface area contributed by atoms with Crippen LogP contribution in [0.1, 0.15) is 117 Å². The summed E-state index contributed by atoms with van der Waals surface area (Å²) >= 11 is 0. The average Bonchev–Trinajstić information content (AvgIpc) is 3.27. The molecule has 0 saturated heterocycles. The van der Waals surface area contributed by atoms with Crippen molar-refractivity contribution in [2.24, 2.45) is 11.7 Å².